The molecule has 0 saturated carbocycles. The fourth-order valence-corrected chi connectivity index (χ4v) is 2.42. The number of hydrogen-bond donors (Lipinski definition) is 1. The third-order valence-corrected chi connectivity index (χ3v) is 3.23. The van der Waals surface area contributed by atoms with Crippen LogP contribution in [0.1, 0.15) is 33.3 Å². The van der Waals surface area contributed by atoms with E-state index in [4.69, 9.17) is 4.74 Å². The Morgan fingerprint density at radius 1 is 1.42 bits per heavy atom. The summed E-state index contributed by atoms with van der Waals surface area (Å²) >= 11 is 0. The smallest absolute Gasteiger partial charge is 0.312 e. The van der Waals surface area contributed by atoms with E-state index in [9.17, 15) is 14.3 Å². The van der Waals surface area contributed by atoms with Crippen LogP contribution in [0.4, 0.5) is 4.39 Å². The van der Waals surface area contributed by atoms with Gasteiger partial charge in [0.05, 0.1) is 12.5 Å². The topological polar surface area (TPSA) is 46.5 Å². The van der Waals surface area contributed by atoms with E-state index < -0.39 is 23.3 Å². The molecule has 1 aromatic rings. The normalized spacial score (nSPS) is 15.9. The van der Waals surface area contributed by atoms with E-state index in [1.807, 2.05) is 0 Å². The molecule has 4 heteroatoms. The summed E-state index contributed by atoms with van der Waals surface area (Å²) in [6.45, 7) is 6.99. The standard InChI is InChI=1S/C15H21FO3/c1-5-19-14(17)13(10(2)3)15(4,18)11-8-6-7-9-12(11)16/h6-10,13,18H,5H2,1-4H3. The van der Waals surface area contributed by atoms with Crippen LogP contribution in [-0.4, -0.2) is 17.7 Å². The number of hydrogen-bond acceptors (Lipinski definition) is 3. The number of carbonyl (C=O) groups excluding carboxylic acids is 1. The van der Waals surface area contributed by atoms with E-state index in [0.29, 0.717) is 0 Å². The van der Waals surface area contributed by atoms with E-state index in [1.165, 1.54) is 19.1 Å². The summed E-state index contributed by atoms with van der Waals surface area (Å²) in [5.41, 5.74) is -1.49. The highest BCUT2D eigenvalue weighted by molar-refractivity contribution is 5.74. The summed E-state index contributed by atoms with van der Waals surface area (Å²) in [4.78, 5) is 12.0. The van der Waals surface area contributed by atoms with Crippen LogP contribution < -0.4 is 0 Å². The van der Waals surface area contributed by atoms with Crippen molar-refractivity contribution >= 4 is 5.97 Å². The first kappa shape index (κ1) is 15.6. The van der Waals surface area contributed by atoms with Crippen LogP contribution in [0.5, 0.6) is 0 Å². The zero-order chi connectivity index (χ0) is 14.6. The fourth-order valence-electron chi connectivity index (χ4n) is 2.42. The minimum Gasteiger partial charge on any atom is -0.466 e. The maximum atomic E-state index is 13.8. The number of aliphatic hydroxyl groups is 1. The molecule has 0 aliphatic rings. The van der Waals surface area contributed by atoms with Gasteiger partial charge in [0.25, 0.3) is 0 Å². The molecule has 0 saturated heterocycles. The zero-order valence-corrected chi connectivity index (χ0v) is 11.8. The molecule has 0 aliphatic carbocycles. The molecule has 1 rings (SSSR count). The van der Waals surface area contributed by atoms with Crippen LogP contribution in [0.3, 0.4) is 0 Å². The zero-order valence-electron chi connectivity index (χ0n) is 11.8. The largest absolute Gasteiger partial charge is 0.466 e. The van der Waals surface area contributed by atoms with Gasteiger partial charge in [0.1, 0.15) is 11.4 Å². The lowest BCUT2D eigenvalue weighted by Gasteiger charge is -2.34. The Bertz CT molecular complexity index is 441. The maximum absolute atomic E-state index is 13.8. The number of esters is 1. The Morgan fingerprint density at radius 2 is 2.00 bits per heavy atom. The lowest BCUT2D eigenvalue weighted by atomic mass is 9.76. The lowest BCUT2D eigenvalue weighted by molar-refractivity contribution is -0.161. The highest BCUT2D eigenvalue weighted by Gasteiger charge is 2.43. The highest BCUT2D eigenvalue weighted by atomic mass is 19.1. The van der Waals surface area contributed by atoms with Crippen molar-refractivity contribution in [2.75, 3.05) is 6.61 Å². The van der Waals surface area contributed by atoms with E-state index in [2.05, 4.69) is 0 Å². The molecule has 0 bridgehead atoms. The Balaban J connectivity index is 3.20. The van der Waals surface area contributed by atoms with Gasteiger partial charge in [0, 0.05) is 5.56 Å². The Labute approximate surface area is 113 Å². The van der Waals surface area contributed by atoms with Crippen molar-refractivity contribution in [2.24, 2.45) is 11.8 Å². The van der Waals surface area contributed by atoms with Crippen molar-refractivity contribution in [1.82, 2.24) is 0 Å². The third-order valence-electron chi connectivity index (χ3n) is 3.23. The van der Waals surface area contributed by atoms with E-state index in [1.54, 1.807) is 32.9 Å². The second kappa shape index (κ2) is 6.15. The minimum absolute atomic E-state index is 0.113. The van der Waals surface area contributed by atoms with Gasteiger partial charge >= 0.3 is 5.97 Å². The SMILES string of the molecule is CCOC(=O)C(C(C)C)C(C)(O)c1ccccc1F. The second-order valence-electron chi connectivity index (χ2n) is 5.10. The molecule has 0 amide bonds. The van der Waals surface area contributed by atoms with Crippen LogP contribution in [0.25, 0.3) is 0 Å². The van der Waals surface area contributed by atoms with E-state index >= 15 is 0 Å². The summed E-state index contributed by atoms with van der Waals surface area (Å²) < 4.78 is 18.8. The summed E-state index contributed by atoms with van der Waals surface area (Å²) in [7, 11) is 0. The van der Waals surface area contributed by atoms with Gasteiger partial charge < -0.3 is 9.84 Å². The van der Waals surface area contributed by atoms with Gasteiger partial charge in [0.2, 0.25) is 0 Å². The summed E-state index contributed by atoms with van der Waals surface area (Å²) in [6, 6.07) is 5.94. The molecule has 19 heavy (non-hydrogen) atoms. The Kier molecular flexibility index (Phi) is 5.06. The molecule has 0 heterocycles. The second-order valence-corrected chi connectivity index (χ2v) is 5.10. The van der Waals surface area contributed by atoms with Gasteiger partial charge in [-0.15, -0.1) is 0 Å². The molecular formula is C15H21FO3. The van der Waals surface area contributed by atoms with Gasteiger partial charge in [-0.2, -0.15) is 0 Å². The molecule has 0 aromatic heterocycles. The monoisotopic (exact) mass is 268 g/mol. The van der Waals surface area contributed by atoms with Crippen molar-refractivity contribution in [2.45, 2.75) is 33.3 Å². The minimum atomic E-state index is -1.61. The first-order valence-electron chi connectivity index (χ1n) is 6.46. The molecule has 2 unspecified atom stereocenters. The maximum Gasteiger partial charge on any atom is 0.312 e. The van der Waals surface area contributed by atoms with Crippen molar-refractivity contribution in [1.29, 1.82) is 0 Å². The van der Waals surface area contributed by atoms with Crippen LogP contribution in [0.15, 0.2) is 24.3 Å². The molecule has 2 atom stereocenters. The number of halogens is 1. The molecule has 3 nitrogen and oxygen atoms in total. The van der Waals surface area contributed by atoms with Crippen molar-refractivity contribution in [3.05, 3.63) is 35.6 Å². The van der Waals surface area contributed by atoms with Crippen molar-refractivity contribution < 1.29 is 19.0 Å². The van der Waals surface area contributed by atoms with Gasteiger partial charge in [-0.3, -0.25) is 4.79 Å². The number of ether oxygens (including phenoxy) is 1. The molecule has 1 aromatic carbocycles. The van der Waals surface area contributed by atoms with Crippen LogP contribution >= 0.6 is 0 Å². The molecule has 106 valence electrons. The quantitative estimate of drug-likeness (QED) is 0.835. The van der Waals surface area contributed by atoms with Gasteiger partial charge in [-0.1, -0.05) is 32.0 Å². The number of rotatable bonds is 5. The fraction of sp³-hybridized carbons (Fsp3) is 0.533. The summed E-state index contributed by atoms with van der Waals surface area (Å²) in [6.07, 6.45) is 0. The Hall–Kier alpha value is -1.42. The molecule has 0 fully saturated rings. The number of benzene rings is 1. The molecule has 0 radical (unpaired) electrons. The molecule has 1 N–H and O–H groups in total. The highest BCUT2D eigenvalue weighted by Crippen LogP contribution is 2.36. The van der Waals surface area contributed by atoms with E-state index in [-0.39, 0.29) is 18.1 Å². The predicted molar refractivity (Wildman–Crippen MR) is 70.9 cm³/mol. The first-order valence-corrected chi connectivity index (χ1v) is 6.46. The Morgan fingerprint density at radius 3 is 2.47 bits per heavy atom. The van der Waals surface area contributed by atoms with E-state index in [0.717, 1.165) is 0 Å². The summed E-state index contributed by atoms with van der Waals surface area (Å²) in [5, 5.41) is 10.7. The number of carbonyl (C=O) groups is 1. The first-order chi connectivity index (χ1) is 8.82. The average Bonchev–Trinajstić information content (AvgIpc) is 2.28. The van der Waals surface area contributed by atoms with Crippen LogP contribution in [-0.2, 0) is 15.1 Å². The summed E-state index contributed by atoms with van der Waals surface area (Å²) in [5.74, 6) is -2.02. The average molecular weight is 268 g/mol. The van der Waals surface area contributed by atoms with Crippen LogP contribution in [0, 0.1) is 17.7 Å². The third kappa shape index (κ3) is 3.32. The van der Waals surface area contributed by atoms with Gasteiger partial charge in [0.15, 0.2) is 0 Å². The van der Waals surface area contributed by atoms with Crippen molar-refractivity contribution in [3.63, 3.8) is 0 Å². The molecule has 0 spiro atoms. The van der Waals surface area contributed by atoms with Crippen molar-refractivity contribution in [3.8, 4) is 0 Å². The molecular weight excluding hydrogens is 247 g/mol. The lowest BCUT2D eigenvalue weighted by Crippen LogP contribution is -2.42. The predicted octanol–water partition coefficient (Wildman–Crippen LogP) is 2.87. The van der Waals surface area contributed by atoms with Gasteiger partial charge in [-0.25, -0.2) is 4.39 Å². The molecule has 0 aliphatic heterocycles. The van der Waals surface area contributed by atoms with Gasteiger partial charge in [-0.05, 0) is 25.8 Å². The van der Waals surface area contributed by atoms with Crippen LogP contribution in [0.2, 0.25) is 0 Å².